The minimum atomic E-state index is -0.198. The van der Waals surface area contributed by atoms with Crippen LogP contribution in [-0.2, 0) is 11.2 Å². The first-order valence-electron chi connectivity index (χ1n) is 11.4. The minimum absolute atomic E-state index is 0.111. The van der Waals surface area contributed by atoms with E-state index in [9.17, 15) is 4.79 Å². The van der Waals surface area contributed by atoms with E-state index in [1.807, 2.05) is 50.3 Å². The van der Waals surface area contributed by atoms with Crippen molar-refractivity contribution in [1.29, 1.82) is 0 Å². The summed E-state index contributed by atoms with van der Waals surface area (Å²) < 4.78 is 0. The molecule has 0 radical (unpaired) electrons. The van der Waals surface area contributed by atoms with Gasteiger partial charge < -0.3 is 15.2 Å². The van der Waals surface area contributed by atoms with Crippen LogP contribution < -0.4 is 10.2 Å². The third-order valence-corrected chi connectivity index (χ3v) is 6.35. The van der Waals surface area contributed by atoms with Gasteiger partial charge in [-0.05, 0) is 30.9 Å². The first kappa shape index (κ1) is 21.3. The smallest absolute Gasteiger partial charge is 0.220 e. The molecular weight excluding hydrogens is 386 g/mol. The number of anilines is 1. The third-order valence-electron chi connectivity index (χ3n) is 6.35. The molecule has 1 amide bonds. The van der Waals surface area contributed by atoms with Gasteiger partial charge in [-0.15, -0.1) is 0 Å². The molecule has 164 valence electrons. The highest BCUT2D eigenvalue weighted by atomic mass is 16.1. The number of hydrogen-bond donors (Lipinski definition) is 2. The van der Waals surface area contributed by atoms with Crippen LogP contribution in [0.15, 0.2) is 36.5 Å². The Labute approximate surface area is 184 Å². The zero-order valence-corrected chi connectivity index (χ0v) is 18.8. The summed E-state index contributed by atoms with van der Waals surface area (Å²) in [5, 5.41) is 4.48. The van der Waals surface area contributed by atoms with Gasteiger partial charge in [0.25, 0.3) is 0 Å². The number of aryl methyl sites for hydroxylation is 1. The summed E-state index contributed by atoms with van der Waals surface area (Å²) in [6.45, 7) is 1.90. The van der Waals surface area contributed by atoms with Gasteiger partial charge in [0.2, 0.25) is 5.91 Å². The lowest BCUT2D eigenvalue weighted by atomic mass is 9.99. The van der Waals surface area contributed by atoms with E-state index in [0.29, 0.717) is 24.6 Å². The molecule has 3 aromatic rings. The van der Waals surface area contributed by atoms with E-state index in [-0.39, 0.29) is 11.9 Å². The quantitative estimate of drug-likeness (QED) is 0.555. The van der Waals surface area contributed by atoms with E-state index in [2.05, 4.69) is 27.4 Å². The zero-order valence-electron chi connectivity index (χ0n) is 18.8. The summed E-state index contributed by atoms with van der Waals surface area (Å²) in [6.07, 6.45) is 9.45. The third kappa shape index (κ3) is 5.24. The van der Waals surface area contributed by atoms with Crippen LogP contribution in [0.1, 0.15) is 61.6 Å². The first-order chi connectivity index (χ1) is 15.0. The predicted octanol–water partition coefficient (Wildman–Crippen LogP) is 4.70. The molecule has 2 N–H and O–H groups in total. The van der Waals surface area contributed by atoms with Crippen molar-refractivity contribution in [2.45, 2.75) is 57.9 Å². The molecular formula is C25H33N5O. The fraction of sp³-hybridized carbons (Fsp3) is 0.480. The number of fused-ring (bicyclic) bond motifs is 1. The van der Waals surface area contributed by atoms with Crippen molar-refractivity contribution in [1.82, 2.24) is 20.3 Å². The topological polar surface area (TPSA) is 73.9 Å². The van der Waals surface area contributed by atoms with Crippen LogP contribution in [0.5, 0.6) is 0 Å². The summed E-state index contributed by atoms with van der Waals surface area (Å²) in [7, 11) is 3.95. The van der Waals surface area contributed by atoms with Crippen LogP contribution in [0.3, 0.4) is 0 Å². The molecule has 6 nitrogen and oxygen atoms in total. The summed E-state index contributed by atoms with van der Waals surface area (Å²) in [6, 6.07) is 10.1. The van der Waals surface area contributed by atoms with E-state index < -0.39 is 0 Å². The van der Waals surface area contributed by atoms with Gasteiger partial charge in [-0.2, -0.15) is 0 Å². The predicted molar refractivity (Wildman–Crippen MR) is 125 cm³/mol. The van der Waals surface area contributed by atoms with Gasteiger partial charge in [0, 0.05) is 50.1 Å². The van der Waals surface area contributed by atoms with E-state index in [1.165, 1.54) is 36.6 Å². The highest BCUT2D eigenvalue weighted by molar-refractivity contribution is 5.83. The number of benzene rings is 1. The fourth-order valence-corrected chi connectivity index (χ4v) is 4.63. The number of aromatic nitrogens is 3. The average molecular weight is 420 g/mol. The van der Waals surface area contributed by atoms with Crippen LogP contribution in [0, 0.1) is 12.8 Å². The molecule has 1 aliphatic rings. The van der Waals surface area contributed by atoms with Crippen molar-refractivity contribution in [3.63, 3.8) is 0 Å². The lowest BCUT2D eigenvalue weighted by molar-refractivity contribution is -0.122. The van der Waals surface area contributed by atoms with Gasteiger partial charge in [0.05, 0.1) is 11.7 Å². The highest BCUT2D eigenvalue weighted by Crippen LogP contribution is 2.29. The summed E-state index contributed by atoms with van der Waals surface area (Å²) in [4.78, 5) is 27.5. The van der Waals surface area contributed by atoms with Gasteiger partial charge in [0.1, 0.15) is 11.6 Å². The molecule has 1 fully saturated rings. The number of H-pyrrole nitrogens is 1. The molecule has 1 unspecified atom stereocenters. The second kappa shape index (κ2) is 9.50. The second-order valence-electron chi connectivity index (χ2n) is 8.97. The Kier molecular flexibility index (Phi) is 6.54. The van der Waals surface area contributed by atoms with Crippen molar-refractivity contribution in [3.05, 3.63) is 53.6 Å². The van der Waals surface area contributed by atoms with E-state index in [1.54, 1.807) is 0 Å². The summed E-state index contributed by atoms with van der Waals surface area (Å²) in [5.41, 5.74) is 3.15. The maximum atomic E-state index is 12.9. The van der Waals surface area contributed by atoms with Crippen molar-refractivity contribution < 1.29 is 4.79 Å². The monoisotopic (exact) mass is 419 g/mol. The second-order valence-corrected chi connectivity index (χ2v) is 8.97. The number of para-hydroxylation sites is 1. The molecule has 0 saturated heterocycles. The molecule has 1 aliphatic carbocycles. The van der Waals surface area contributed by atoms with Crippen LogP contribution in [0.2, 0.25) is 0 Å². The number of carbonyl (C=O) groups excluding carboxylic acids is 1. The number of nitrogens with zero attached hydrogens (tertiary/aromatic N) is 3. The summed E-state index contributed by atoms with van der Waals surface area (Å²) in [5.74, 6) is 2.39. The molecule has 1 saturated carbocycles. The Morgan fingerprint density at radius 3 is 2.77 bits per heavy atom. The fourth-order valence-electron chi connectivity index (χ4n) is 4.63. The van der Waals surface area contributed by atoms with Crippen molar-refractivity contribution in [2.24, 2.45) is 5.92 Å². The average Bonchev–Trinajstić information content (AvgIpc) is 3.41. The molecule has 6 heteroatoms. The molecule has 0 aliphatic heterocycles. The SMILES string of the molecule is Cc1nc(C(Cc2c[nH]c3ccccc23)NC(=O)CCC2CCCC2)cc(N(C)C)n1. The van der Waals surface area contributed by atoms with Crippen molar-refractivity contribution in [2.75, 3.05) is 19.0 Å². The molecule has 1 aromatic carbocycles. The number of rotatable bonds is 8. The molecule has 4 rings (SSSR count). The maximum absolute atomic E-state index is 12.9. The lowest BCUT2D eigenvalue weighted by Crippen LogP contribution is -2.31. The van der Waals surface area contributed by atoms with Crippen LogP contribution in [0.4, 0.5) is 5.82 Å². The Hall–Kier alpha value is -2.89. The normalized spacial score (nSPS) is 15.3. The van der Waals surface area contributed by atoms with E-state index >= 15 is 0 Å². The Balaban J connectivity index is 1.57. The molecule has 1 atom stereocenters. The number of nitrogens with one attached hydrogen (secondary N) is 2. The van der Waals surface area contributed by atoms with Crippen LogP contribution in [-0.4, -0.2) is 35.0 Å². The van der Waals surface area contributed by atoms with Gasteiger partial charge in [0.15, 0.2) is 0 Å². The molecule has 0 bridgehead atoms. The van der Waals surface area contributed by atoms with Crippen molar-refractivity contribution >= 4 is 22.6 Å². The minimum Gasteiger partial charge on any atom is -0.363 e. The van der Waals surface area contributed by atoms with Gasteiger partial charge in [-0.25, -0.2) is 9.97 Å². The van der Waals surface area contributed by atoms with Gasteiger partial charge in [-0.3, -0.25) is 4.79 Å². The van der Waals surface area contributed by atoms with Gasteiger partial charge in [-0.1, -0.05) is 43.9 Å². The molecule has 2 heterocycles. The largest absolute Gasteiger partial charge is 0.363 e. The van der Waals surface area contributed by atoms with Gasteiger partial charge >= 0.3 is 0 Å². The Morgan fingerprint density at radius 2 is 2.00 bits per heavy atom. The number of aromatic amines is 1. The maximum Gasteiger partial charge on any atom is 0.220 e. The highest BCUT2D eigenvalue weighted by Gasteiger charge is 2.22. The number of hydrogen-bond acceptors (Lipinski definition) is 4. The van der Waals surface area contributed by atoms with E-state index in [0.717, 1.165) is 23.4 Å². The standard InChI is InChI=1S/C25H33N5O/c1-17-27-23(15-24(28-17)30(2)3)22(29-25(31)13-12-18-8-4-5-9-18)14-19-16-26-21-11-7-6-10-20(19)21/h6-7,10-11,15-16,18,22,26H,4-5,8-9,12-14H2,1-3H3,(H,29,31). The lowest BCUT2D eigenvalue weighted by Gasteiger charge is -2.21. The number of carbonyl (C=O) groups is 1. The summed E-state index contributed by atoms with van der Waals surface area (Å²) >= 11 is 0. The Morgan fingerprint density at radius 1 is 1.23 bits per heavy atom. The first-order valence-corrected chi connectivity index (χ1v) is 11.4. The van der Waals surface area contributed by atoms with Crippen molar-refractivity contribution in [3.8, 4) is 0 Å². The number of amides is 1. The molecule has 0 spiro atoms. The molecule has 2 aromatic heterocycles. The zero-order chi connectivity index (χ0) is 21.8. The Bertz CT molecular complexity index is 1040. The molecule has 31 heavy (non-hydrogen) atoms. The van der Waals surface area contributed by atoms with E-state index in [4.69, 9.17) is 4.98 Å². The van der Waals surface area contributed by atoms with Crippen LogP contribution in [0.25, 0.3) is 10.9 Å². The van der Waals surface area contributed by atoms with Crippen LogP contribution >= 0.6 is 0 Å².